The maximum Gasteiger partial charge on any atom is 0.261 e. The zero-order valence-electron chi connectivity index (χ0n) is 41.3. The minimum Gasteiger partial charge on any atom is -0.365 e. The van der Waals surface area contributed by atoms with Crippen molar-refractivity contribution in [3.8, 4) is 0 Å². The number of hydrogen-bond donors (Lipinski definition) is 1. The van der Waals surface area contributed by atoms with E-state index in [1.54, 1.807) is 50.5 Å². The predicted molar refractivity (Wildman–Crippen MR) is 259 cm³/mol. The number of carbonyl (C=O) groups excluding carboxylic acids is 12. The van der Waals surface area contributed by atoms with Crippen molar-refractivity contribution in [1.82, 2.24) is 29.8 Å². The number of nitrogens with one attached hydrogen (secondary N) is 1. The quantitative estimate of drug-likeness (QED) is 0.252. The van der Waals surface area contributed by atoms with E-state index in [2.05, 4.69) is 17.5 Å². The summed E-state index contributed by atoms with van der Waals surface area (Å²) in [6.07, 6.45) is 12.9. The van der Waals surface area contributed by atoms with Crippen molar-refractivity contribution in [2.45, 2.75) is 50.7 Å². The minimum atomic E-state index is -0.243. The van der Waals surface area contributed by atoms with Gasteiger partial charge in [-0.15, -0.1) is 0 Å². The summed E-state index contributed by atoms with van der Waals surface area (Å²) in [7, 11) is 7.69. The SMILES string of the molecule is CN1C(=O)C2C3C=CC(O3)C2C1=O.CN1C(=O)C2C3CCC(C3)C2C1=O.CN1C(=O)CCC1=O.CN1C(=O)c2cccc3cccc(c23)C1=O.CN1C(=O)c2ccccc2C1=O.O=C1NC(=O)C2C3C=CC(C3)C12. The van der Waals surface area contributed by atoms with E-state index in [1.807, 2.05) is 36.4 Å². The smallest absolute Gasteiger partial charge is 0.261 e. The van der Waals surface area contributed by atoms with Crippen LogP contribution in [0.2, 0.25) is 0 Å². The number of carbonyl (C=O) groups is 12. The van der Waals surface area contributed by atoms with Crippen molar-refractivity contribution in [3.63, 3.8) is 0 Å². The Hall–Kier alpha value is -7.80. The van der Waals surface area contributed by atoms with Crippen LogP contribution in [0.15, 0.2) is 85.0 Å². The zero-order chi connectivity index (χ0) is 52.8. The van der Waals surface area contributed by atoms with Gasteiger partial charge in [-0.1, -0.05) is 60.7 Å². The average molecular weight is 1010 g/mol. The van der Waals surface area contributed by atoms with Gasteiger partial charge in [0.2, 0.25) is 47.3 Å². The molecular weight excluding hydrogens is 953 g/mol. The normalized spacial score (nSPS) is 32.2. The van der Waals surface area contributed by atoms with Gasteiger partial charge in [0.25, 0.3) is 23.6 Å². The molecule has 3 aromatic rings. The zero-order valence-corrected chi connectivity index (χ0v) is 41.3. The Morgan fingerprint density at radius 3 is 1.22 bits per heavy atom. The summed E-state index contributed by atoms with van der Waals surface area (Å²) >= 11 is 0. The molecular formula is C55H54N6O13. The average Bonchev–Trinajstić information content (AvgIpc) is 4.32. The van der Waals surface area contributed by atoms with Crippen LogP contribution in [0.25, 0.3) is 10.8 Å². The number of nitrogens with zero attached hydrogens (tertiary/aromatic N) is 5. The fraction of sp³-hybridized carbons (Fsp3) is 0.418. The molecule has 8 heterocycles. The summed E-state index contributed by atoms with van der Waals surface area (Å²) in [5, 5.41) is 4.11. The molecule has 15 rings (SSSR count). The second-order valence-electron chi connectivity index (χ2n) is 20.7. The van der Waals surface area contributed by atoms with Crippen LogP contribution in [0.3, 0.4) is 0 Å². The first-order valence-electron chi connectivity index (χ1n) is 24.8. The molecule has 12 amide bonds. The van der Waals surface area contributed by atoms with Crippen LogP contribution < -0.4 is 5.32 Å². The first-order valence-corrected chi connectivity index (χ1v) is 24.8. The van der Waals surface area contributed by atoms with Crippen molar-refractivity contribution < 1.29 is 62.3 Å². The van der Waals surface area contributed by atoms with Crippen LogP contribution in [0.1, 0.15) is 80.0 Å². The lowest BCUT2D eigenvalue weighted by Crippen LogP contribution is -2.36. The molecule has 0 radical (unpaired) electrons. The Morgan fingerprint density at radius 1 is 0.419 bits per heavy atom. The first-order chi connectivity index (χ1) is 35.3. The summed E-state index contributed by atoms with van der Waals surface area (Å²) in [6.45, 7) is 0. The van der Waals surface area contributed by atoms with Crippen LogP contribution in [-0.2, 0) is 43.1 Å². The molecule has 12 unspecified atom stereocenters. The molecule has 1 N–H and O–H groups in total. The summed E-state index contributed by atoms with van der Waals surface area (Å²) in [4.78, 5) is 143. The minimum absolute atomic E-state index is 0.0347. The number of likely N-dealkylation sites (tertiary alicyclic amines) is 3. The maximum atomic E-state index is 11.9. The van der Waals surface area contributed by atoms with Gasteiger partial charge < -0.3 is 4.74 Å². The van der Waals surface area contributed by atoms with Crippen LogP contribution in [0, 0.1) is 59.2 Å². The van der Waals surface area contributed by atoms with Gasteiger partial charge in [0.1, 0.15) is 0 Å². The largest absolute Gasteiger partial charge is 0.365 e. The third-order valence-corrected chi connectivity index (χ3v) is 16.9. The van der Waals surface area contributed by atoms with E-state index in [0.717, 1.165) is 33.4 Å². The maximum absolute atomic E-state index is 11.9. The lowest BCUT2D eigenvalue weighted by molar-refractivity contribution is -0.141. The monoisotopic (exact) mass is 1010 g/mol. The van der Waals surface area contributed by atoms with Crippen molar-refractivity contribution in [1.29, 1.82) is 0 Å². The van der Waals surface area contributed by atoms with E-state index in [0.29, 0.717) is 58.8 Å². The highest BCUT2D eigenvalue weighted by Crippen LogP contribution is 2.56. The molecule has 12 atom stereocenters. The highest BCUT2D eigenvalue weighted by atomic mass is 16.5. The van der Waals surface area contributed by atoms with Gasteiger partial charge in [0, 0.05) is 64.6 Å². The standard InChI is InChI=1S/C13H9NO2.C10H13NO2.C9H9NO3.C9H9NO2.C9H7NO2.C5H7NO2/c1-14-12(15)9-6-2-4-8-5-3-7-10(11(8)9)13(14)16;1-11-9(12)7-5-2-3-6(4-5)8(7)10(11)13;1-10-8(11)6-4-2-3-5(13-4)7(6)9(10)12;11-8-6-4-1-2-5(3-4)7(6)9(12)10-8;1-10-8(11)6-4-2-3-5-7(6)9(10)12;1-6-4(7)2-3-5(6)8/h2-7H,1H3;5-8H,2-4H2,1H3;2-7H,1H3;1-2,4-7H,3H2,(H,10,11,12);2-5H,1H3;2-3H2,1H3. The van der Waals surface area contributed by atoms with Gasteiger partial charge in [-0.25, -0.2) is 0 Å². The van der Waals surface area contributed by atoms with Crippen molar-refractivity contribution in [3.05, 3.63) is 107 Å². The second kappa shape index (κ2) is 18.9. The molecule has 4 aliphatic carbocycles. The predicted octanol–water partition coefficient (Wildman–Crippen LogP) is 3.03. The fourth-order valence-corrected chi connectivity index (χ4v) is 13.0. The number of rotatable bonds is 0. The van der Waals surface area contributed by atoms with Crippen molar-refractivity contribution >= 4 is 81.7 Å². The molecule has 8 fully saturated rings. The Balaban J connectivity index is 0.000000103. The number of hydrogen-bond acceptors (Lipinski definition) is 13. The number of benzene rings is 3. The van der Waals surface area contributed by atoms with Crippen molar-refractivity contribution in [2.24, 2.45) is 59.2 Å². The Bertz CT molecular complexity index is 2920. The topological polar surface area (TPSA) is 242 Å². The molecule has 3 saturated carbocycles. The van der Waals surface area contributed by atoms with Crippen molar-refractivity contribution in [2.75, 3.05) is 35.2 Å². The van der Waals surface area contributed by atoms with E-state index >= 15 is 0 Å². The summed E-state index contributed by atoms with van der Waals surface area (Å²) < 4.78 is 5.45. The molecule has 382 valence electrons. The lowest BCUT2D eigenvalue weighted by atomic mass is 9.81. The van der Waals surface area contributed by atoms with E-state index in [4.69, 9.17) is 4.74 Å². The van der Waals surface area contributed by atoms with Crippen LogP contribution in [0.5, 0.6) is 0 Å². The third-order valence-electron chi connectivity index (χ3n) is 16.9. The molecule has 6 bridgehead atoms. The molecule has 0 aromatic heterocycles. The lowest BCUT2D eigenvalue weighted by Gasteiger charge is -2.23. The highest BCUT2D eigenvalue weighted by molar-refractivity contribution is 6.25. The highest BCUT2D eigenvalue weighted by Gasteiger charge is 2.61. The summed E-state index contributed by atoms with van der Waals surface area (Å²) in [6, 6.07) is 17.9. The van der Waals surface area contributed by atoms with E-state index in [1.165, 1.54) is 48.7 Å². The van der Waals surface area contributed by atoms with Crippen LogP contribution >= 0.6 is 0 Å². The van der Waals surface area contributed by atoms with Gasteiger partial charge >= 0.3 is 0 Å². The second-order valence-corrected chi connectivity index (χ2v) is 20.7. The van der Waals surface area contributed by atoms with Gasteiger partial charge in [-0.3, -0.25) is 87.4 Å². The molecule has 19 heteroatoms. The number of fused-ring (bicyclic) bond motifs is 16. The molecule has 3 aromatic carbocycles. The molecule has 8 aliphatic heterocycles. The van der Waals surface area contributed by atoms with Crippen LogP contribution in [-0.4, -0.2) is 143 Å². The van der Waals surface area contributed by atoms with E-state index in [-0.39, 0.29) is 119 Å². The first kappa shape index (κ1) is 49.8. The number of imide groups is 6. The fourth-order valence-electron chi connectivity index (χ4n) is 13.0. The number of amides is 12. The summed E-state index contributed by atoms with van der Waals surface area (Å²) in [5.74, 6) is 0.185. The number of allylic oxidation sites excluding steroid dienone is 2. The summed E-state index contributed by atoms with van der Waals surface area (Å²) in [5.41, 5.74) is 2.22. The Morgan fingerprint density at radius 2 is 0.811 bits per heavy atom. The molecule has 5 saturated heterocycles. The number of ether oxygens (including phenoxy) is 1. The Kier molecular flexibility index (Phi) is 12.7. The molecule has 74 heavy (non-hydrogen) atoms. The van der Waals surface area contributed by atoms with Gasteiger partial charge in [0.05, 0.1) is 58.8 Å². The van der Waals surface area contributed by atoms with Gasteiger partial charge in [0.15, 0.2) is 0 Å². The van der Waals surface area contributed by atoms with Gasteiger partial charge in [-0.05, 0) is 79.0 Å². The van der Waals surface area contributed by atoms with Gasteiger partial charge in [-0.2, -0.15) is 0 Å². The molecule has 19 nitrogen and oxygen atoms in total. The molecule has 12 aliphatic rings. The van der Waals surface area contributed by atoms with E-state index in [9.17, 15) is 57.5 Å². The molecule has 0 spiro atoms. The van der Waals surface area contributed by atoms with Crippen LogP contribution in [0.4, 0.5) is 0 Å². The third kappa shape index (κ3) is 7.99. The Labute approximate surface area is 424 Å². The van der Waals surface area contributed by atoms with E-state index < -0.39 is 0 Å².